The molecule has 1 aliphatic carbocycles. The number of ether oxygens (including phenoxy) is 1. The first-order valence-corrected chi connectivity index (χ1v) is 11.8. The normalized spacial score (nSPS) is 25.8. The molecule has 0 saturated heterocycles. The Morgan fingerprint density at radius 1 is 1.08 bits per heavy atom. The maximum atomic E-state index is 13.9. The fourth-order valence-corrected chi connectivity index (χ4v) is 5.58. The van der Waals surface area contributed by atoms with Crippen molar-refractivity contribution in [2.75, 3.05) is 19.1 Å². The van der Waals surface area contributed by atoms with Crippen LogP contribution in [0, 0.1) is 5.92 Å². The van der Waals surface area contributed by atoms with E-state index in [-0.39, 0.29) is 5.69 Å². The van der Waals surface area contributed by atoms with Crippen LogP contribution in [0.2, 0.25) is 0 Å². The number of aromatic amines is 1. The lowest BCUT2D eigenvalue weighted by atomic mass is 9.64. The van der Waals surface area contributed by atoms with E-state index in [1.54, 1.807) is 31.4 Å². The number of nitrogens with zero attached hydrogens (tertiary/aromatic N) is 2. The van der Waals surface area contributed by atoms with E-state index in [4.69, 9.17) is 4.74 Å². The highest BCUT2D eigenvalue weighted by Crippen LogP contribution is 2.51. The Hall–Kier alpha value is -3.50. The molecule has 5 rings (SSSR count). The molecule has 0 radical (unpaired) electrons. The molecule has 7 nitrogen and oxygen atoms in total. The third kappa shape index (κ3) is 3.77. The maximum absolute atomic E-state index is 13.9. The number of benzene rings is 2. The van der Waals surface area contributed by atoms with Crippen LogP contribution in [0.15, 0.2) is 65.1 Å². The van der Waals surface area contributed by atoms with Gasteiger partial charge in [-0.05, 0) is 47.7 Å². The van der Waals surface area contributed by atoms with Crippen LogP contribution in [-0.2, 0) is 11.6 Å². The zero-order valence-electron chi connectivity index (χ0n) is 20.7. The molecule has 1 saturated carbocycles. The minimum absolute atomic E-state index is 0.176. The van der Waals surface area contributed by atoms with Crippen LogP contribution < -0.4 is 25.4 Å². The topological polar surface area (TPSA) is 96.4 Å². The average molecular weight is 514 g/mol. The summed E-state index contributed by atoms with van der Waals surface area (Å²) in [4.78, 5) is 15.0. The van der Waals surface area contributed by atoms with Gasteiger partial charge in [-0.3, -0.25) is 9.89 Å². The van der Waals surface area contributed by atoms with Gasteiger partial charge in [-0.15, -0.1) is 12.2 Å². The Morgan fingerprint density at radius 2 is 1.73 bits per heavy atom. The summed E-state index contributed by atoms with van der Waals surface area (Å²) < 4.78 is 47.8. The fourth-order valence-electron chi connectivity index (χ4n) is 5.58. The summed E-state index contributed by atoms with van der Waals surface area (Å²) in [6, 6.07) is 13.3. The molecule has 196 valence electrons. The van der Waals surface area contributed by atoms with E-state index in [0.717, 1.165) is 15.9 Å². The van der Waals surface area contributed by atoms with E-state index < -0.39 is 52.5 Å². The first kappa shape index (κ1) is 25.2. The van der Waals surface area contributed by atoms with Crippen molar-refractivity contribution in [3.05, 3.63) is 87.5 Å². The van der Waals surface area contributed by atoms with Crippen molar-refractivity contribution < 1.29 is 28.1 Å². The summed E-state index contributed by atoms with van der Waals surface area (Å²) in [7, 11) is 3.37. The summed E-state index contributed by atoms with van der Waals surface area (Å²) in [5, 5.41) is 28.7. The van der Waals surface area contributed by atoms with Gasteiger partial charge in [0.05, 0.1) is 18.4 Å². The molecule has 1 aromatic heterocycles. The van der Waals surface area contributed by atoms with Gasteiger partial charge in [0, 0.05) is 23.8 Å². The van der Waals surface area contributed by atoms with E-state index in [1.807, 2.05) is 44.0 Å². The quantitative estimate of drug-likeness (QED) is 0.579. The number of halogens is 3. The summed E-state index contributed by atoms with van der Waals surface area (Å²) in [5.41, 5.74) is -1.05. The standard InChI is InChI=1S/C27H26F3N3O4/c1-26(2)17-12-15(37-4)10-11-18(17)32(3)19(26)13-16-22(34)20(23(16)35)21-24(27(28,29)30)31-33(25(21)36)14-8-6-5-7-9-14/h5-13,16,20,22-23,31H,1-4H3/q-2. The van der Waals surface area contributed by atoms with Crippen molar-refractivity contribution in [1.29, 1.82) is 0 Å². The maximum Gasteiger partial charge on any atom is 0.433 e. The number of allylic oxidation sites excluding steroid dienone is 1. The third-order valence-electron chi connectivity index (χ3n) is 7.61. The number of para-hydroxylation sites is 1. The lowest BCUT2D eigenvalue weighted by Gasteiger charge is -2.60. The number of aromatic nitrogens is 2. The van der Waals surface area contributed by atoms with Crippen LogP contribution >= 0.6 is 0 Å². The second-order valence-corrected chi connectivity index (χ2v) is 10.0. The van der Waals surface area contributed by atoms with Crippen LogP contribution in [0.3, 0.4) is 0 Å². The number of nitrogens with one attached hydrogen (secondary N) is 1. The average Bonchev–Trinajstić information content (AvgIpc) is 3.29. The summed E-state index contributed by atoms with van der Waals surface area (Å²) in [6.07, 6.45) is -6.77. The van der Waals surface area contributed by atoms with Crippen LogP contribution in [0.5, 0.6) is 5.75 Å². The molecule has 0 bridgehead atoms. The predicted molar refractivity (Wildman–Crippen MR) is 128 cm³/mol. The van der Waals surface area contributed by atoms with Gasteiger partial charge < -0.3 is 19.8 Å². The van der Waals surface area contributed by atoms with Crippen molar-refractivity contribution in [3.8, 4) is 11.4 Å². The van der Waals surface area contributed by atoms with Gasteiger partial charge in [0.25, 0.3) is 5.56 Å². The molecule has 0 spiro atoms. The summed E-state index contributed by atoms with van der Waals surface area (Å²) in [6.45, 7) is 3.89. The number of anilines is 1. The molecule has 2 unspecified atom stereocenters. The zero-order chi connectivity index (χ0) is 26.9. The molecule has 2 aromatic carbocycles. The highest BCUT2D eigenvalue weighted by Gasteiger charge is 2.47. The highest BCUT2D eigenvalue weighted by atomic mass is 19.4. The van der Waals surface area contributed by atoms with Gasteiger partial charge in [-0.1, -0.05) is 38.1 Å². The number of hydrogen-bond donors (Lipinski definition) is 1. The molecule has 10 heteroatoms. The second-order valence-electron chi connectivity index (χ2n) is 10.0. The predicted octanol–water partition coefficient (Wildman–Crippen LogP) is 2.68. The monoisotopic (exact) mass is 513 g/mol. The molecule has 2 heterocycles. The van der Waals surface area contributed by atoms with Gasteiger partial charge in [0.1, 0.15) is 11.4 Å². The second kappa shape index (κ2) is 8.53. The van der Waals surface area contributed by atoms with E-state index in [2.05, 4.69) is 5.10 Å². The fraction of sp³-hybridized carbons (Fsp3) is 0.370. The molecule has 2 atom stereocenters. The number of likely N-dealkylation sites (N-methyl/N-ethyl adjacent to an activating group) is 1. The summed E-state index contributed by atoms with van der Waals surface area (Å²) >= 11 is 0. The number of methoxy groups -OCH3 is 1. The number of alkyl halides is 3. The molecule has 0 amide bonds. The van der Waals surface area contributed by atoms with Crippen LogP contribution in [0.1, 0.15) is 36.6 Å². The van der Waals surface area contributed by atoms with Crippen molar-refractivity contribution in [2.24, 2.45) is 5.92 Å². The van der Waals surface area contributed by atoms with Crippen molar-refractivity contribution in [1.82, 2.24) is 9.78 Å². The van der Waals surface area contributed by atoms with E-state index in [9.17, 15) is 28.2 Å². The Kier molecular flexibility index (Phi) is 5.80. The Labute approximate surface area is 211 Å². The molecule has 2 aliphatic rings. The van der Waals surface area contributed by atoms with Gasteiger partial charge >= 0.3 is 6.18 Å². The Balaban J connectivity index is 1.52. The third-order valence-corrected chi connectivity index (χ3v) is 7.61. The van der Waals surface area contributed by atoms with Crippen LogP contribution in [-0.4, -0.2) is 36.1 Å². The molecule has 1 aliphatic heterocycles. The molecule has 1 fully saturated rings. The number of rotatable bonds is 4. The minimum atomic E-state index is -4.94. The highest BCUT2D eigenvalue weighted by molar-refractivity contribution is 5.71. The molecular formula is C27H26F3N3O4-2. The number of hydrogen-bond acceptors (Lipinski definition) is 5. The smallest absolute Gasteiger partial charge is 0.433 e. The molecule has 37 heavy (non-hydrogen) atoms. The zero-order valence-corrected chi connectivity index (χ0v) is 20.7. The molecular weight excluding hydrogens is 487 g/mol. The molecule has 1 N–H and O–H groups in total. The first-order chi connectivity index (χ1) is 17.4. The lowest BCUT2D eigenvalue weighted by Crippen LogP contribution is -2.65. The van der Waals surface area contributed by atoms with Crippen molar-refractivity contribution in [3.63, 3.8) is 0 Å². The van der Waals surface area contributed by atoms with Crippen LogP contribution in [0.4, 0.5) is 18.9 Å². The Bertz CT molecular complexity index is 1410. The minimum Gasteiger partial charge on any atom is -0.851 e. The van der Waals surface area contributed by atoms with Crippen LogP contribution in [0.25, 0.3) is 5.69 Å². The SMILES string of the molecule is COc1ccc2c(c1)C(C)(C)C(=CC1C([O-])C(c3c(C(F)(F)F)[nH]n(-c4ccccc4)c3=O)C1[O-])N2C. The largest absolute Gasteiger partial charge is 0.851 e. The lowest BCUT2D eigenvalue weighted by molar-refractivity contribution is -0.543. The van der Waals surface area contributed by atoms with E-state index in [0.29, 0.717) is 11.4 Å². The van der Waals surface area contributed by atoms with E-state index in [1.165, 1.54) is 12.1 Å². The van der Waals surface area contributed by atoms with E-state index >= 15 is 0 Å². The van der Waals surface area contributed by atoms with Gasteiger partial charge in [-0.25, -0.2) is 4.68 Å². The van der Waals surface area contributed by atoms with Gasteiger partial charge in [0.15, 0.2) is 0 Å². The van der Waals surface area contributed by atoms with Crippen molar-refractivity contribution in [2.45, 2.75) is 43.6 Å². The van der Waals surface area contributed by atoms with Crippen molar-refractivity contribution >= 4 is 5.69 Å². The van der Waals surface area contributed by atoms with Gasteiger partial charge in [0.2, 0.25) is 0 Å². The summed E-state index contributed by atoms with van der Waals surface area (Å²) in [5.74, 6) is -2.04. The number of H-pyrrole nitrogens is 1. The first-order valence-electron chi connectivity index (χ1n) is 11.8. The number of fused-ring (bicyclic) bond motifs is 1. The Morgan fingerprint density at radius 3 is 2.32 bits per heavy atom. The van der Waals surface area contributed by atoms with Gasteiger partial charge in [-0.2, -0.15) is 13.2 Å². The molecule has 3 aromatic rings.